The second-order valence-corrected chi connectivity index (χ2v) is 5.06. The monoisotopic (exact) mass is 249 g/mol. The Hall–Kier alpha value is -1.19. The van der Waals surface area contributed by atoms with Crippen molar-refractivity contribution in [2.75, 3.05) is 0 Å². The van der Waals surface area contributed by atoms with Gasteiger partial charge in [-0.15, -0.1) is 0 Å². The molecule has 0 aliphatic rings. The second-order valence-electron chi connectivity index (χ2n) is 4.28. The molecule has 2 aromatic rings. The van der Waals surface area contributed by atoms with Gasteiger partial charge in [0.25, 0.3) is 0 Å². The fraction of sp³-hybridized carbons (Fsp3) is 0.286. The Kier molecular flexibility index (Phi) is 3.92. The lowest BCUT2D eigenvalue weighted by Gasteiger charge is -2.07. The number of hydrogen-bond donors (Lipinski definition) is 1. The van der Waals surface area contributed by atoms with E-state index in [4.69, 9.17) is 0 Å². The zero-order chi connectivity index (χ0) is 12.3. The lowest BCUT2D eigenvalue weighted by Crippen LogP contribution is -2.12. The molecule has 0 unspecified atom stereocenters. The summed E-state index contributed by atoms with van der Waals surface area (Å²) in [5, 5.41) is 7.57. The van der Waals surface area contributed by atoms with E-state index >= 15 is 0 Å². The topological polar surface area (TPSA) is 12.0 Å². The summed E-state index contributed by atoms with van der Waals surface area (Å²) in [5.74, 6) is -0.0911. The standard InChI is InChI=1S/C14H16FNS/c1-10-5-13(6-11(2)14(10)15)8-16-7-12-3-4-17-9-12/h3-6,9,16H,7-8H2,1-2H3. The molecule has 17 heavy (non-hydrogen) atoms. The van der Waals surface area contributed by atoms with Gasteiger partial charge in [0.2, 0.25) is 0 Å². The van der Waals surface area contributed by atoms with Gasteiger partial charge in [-0.3, -0.25) is 0 Å². The normalized spacial score (nSPS) is 10.8. The molecule has 1 N–H and O–H groups in total. The zero-order valence-electron chi connectivity index (χ0n) is 10.1. The van der Waals surface area contributed by atoms with E-state index in [0.717, 1.165) is 29.8 Å². The maximum Gasteiger partial charge on any atom is 0.129 e. The van der Waals surface area contributed by atoms with Crippen LogP contribution < -0.4 is 5.32 Å². The van der Waals surface area contributed by atoms with Crippen LogP contribution in [0.3, 0.4) is 0 Å². The molecule has 0 bridgehead atoms. The van der Waals surface area contributed by atoms with Crippen molar-refractivity contribution in [2.45, 2.75) is 26.9 Å². The van der Waals surface area contributed by atoms with Crippen molar-refractivity contribution in [1.29, 1.82) is 0 Å². The summed E-state index contributed by atoms with van der Waals surface area (Å²) in [7, 11) is 0. The average molecular weight is 249 g/mol. The van der Waals surface area contributed by atoms with Crippen LogP contribution in [0.15, 0.2) is 29.0 Å². The van der Waals surface area contributed by atoms with Crippen molar-refractivity contribution in [3.8, 4) is 0 Å². The molecule has 3 heteroatoms. The highest BCUT2D eigenvalue weighted by molar-refractivity contribution is 7.07. The van der Waals surface area contributed by atoms with Crippen LogP contribution in [0.5, 0.6) is 0 Å². The smallest absolute Gasteiger partial charge is 0.129 e. The molecule has 0 amide bonds. The van der Waals surface area contributed by atoms with E-state index in [1.165, 1.54) is 5.56 Å². The largest absolute Gasteiger partial charge is 0.309 e. The van der Waals surface area contributed by atoms with Crippen molar-refractivity contribution in [3.05, 3.63) is 57.0 Å². The Morgan fingerprint density at radius 1 is 1.12 bits per heavy atom. The fourth-order valence-corrected chi connectivity index (χ4v) is 2.55. The van der Waals surface area contributed by atoms with Gasteiger partial charge < -0.3 is 5.32 Å². The summed E-state index contributed by atoms with van der Waals surface area (Å²) in [6.45, 7) is 5.26. The molecule has 0 radical (unpaired) electrons. The van der Waals surface area contributed by atoms with Gasteiger partial charge in [-0.05, 0) is 52.9 Å². The third-order valence-corrected chi connectivity index (χ3v) is 3.47. The highest BCUT2D eigenvalue weighted by Crippen LogP contribution is 2.14. The molecule has 90 valence electrons. The van der Waals surface area contributed by atoms with Gasteiger partial charge in [0.15, 0.2) is 0 Å². The third-order valence-electron chi connectivity index (χ3n) is 2.73. The molecule has 0 spiro atoms. The lowest BCUT2D eigenvalue weighted by atomic mass is 10.1. The van der Waals surface area contributed by atoms with Crippen LogP contribution in [0.25, 0.3) is 0 Å². The van der Waals surface area contributed by atoms with E-state index in [1.807, 2.05) is 26.0 Å². The number of rotatable bonds is 4. The summed E-state index contributed by atoms with van der Waals surface area (Å²) in [6.07, 6.45) is 0. The predicted octanol–water partition coefficient (Wildman–Crippen LogP) is 3.79. The summed E-state index contributed by atoms with van der Waals surface area (Å²) < 4.78 is 13.4. The van der Waals surface area contributed by atoms with Crippen LogP contribution in [0.1, 0.15) is 22.3 Å². The minimum atomic E-state index is -0.0911. The van der Waals surface area contributed by atoms with Gasteiger partial charge >= 0.3 is 0 Å². The zero-order valence-corrected chi connectivity index (χ0v) is 10.9. The van der Waals surface area contributed by atoms with Crippen molar-refractivity contribution in [2.24, 2.45) is 0 Å². The molecule has 1 nitrogen and oxygen atoms in total. The SMILES string of the molecule is Cc1cc(CNCc2ccsc2)cc(C)c1F. The molecule has 0 aliphatic carbocycles. The number of thiophene rings is 1. The number of benzene rings is 1. The van der Waals surface area contributed by atoms with Crippen LogP contribution in [0.4, 0.5) is 4.39 Å². The molecule has 0 fully saturated rings. The first kappa shape index (κ1) is 12.3. The minimum absolute atomic E-state index is 0.0911. The molecular formula is C14H16FNS. The Balaban J connectivity index is 1.95. The van der Waals surface area contributed by atoms with E-state index in [0.29, 0.717) is 0 Å². The number of hydrogen-bond acceptors (Lipinski definition) is 2. The highest BCUT2D eigenvalue weighted by Gasteiger charge is 2.03. The highest BCUT2D eigenvalue weighted by atomic mass is 32.1. The fourth-order valence-electron chi connectivity index (χ4n) is 1.88. The maximum atomic E-state index is 13.4. The molecule has 1 aromatic carbocycles. The molecule has 1 heterocycles. The van der Waals surface area contributed by atoms with Crippen LogP contribution in [-0.4, -0.2) is 0 Å². The lowest BCUT2D eigenvalue weighted by molar-refractivity contribution is 0.606. The van der Waals surface area contributed by atoms with Gasteiger partial charge in [-0.2, -0.15) is 11.3 Å². The van der Waals surface area contributed by atoms with Gasteiger partial charge in [0.1, 0.15) is 5.82 Å². The van der Waals surface area contributed by atoms with E-state index in [1.54, 1.807) is 11.3 Å². The van der Waals surface area contributed by atoms with E-state index in [2.05, 4.69) is 22.1 Å². The van der Waals surface area contributed by atoms with Crippen molar-refractivity contribution >= 4 is 11.3 Å². The summed E-state index contributed by atoms with van der Waals surface area (Å²) in [6, 6.07) is 5.92. The summed E-state index contributed by atoms with van der Waals surface area (Å²) >= 11 is 1.70. The van der Waals surface area contributed by atoms with Crippen LogP contribution in [-0.2, 0) is 13.1 Å². The Bertz CT molecular complexity index is 468. The average Bonchev–Trinajstić information content (AvgIpc) is 2.79. The molecule has 0 atom stereocenters. The molecule has 0 saturated carbocycles. The van der Waals surface area contributed by atoms with Crippen LogP contribution in [0.2, 0.25) is 0 Å². The predicted molar refractivity (Wildman–Crippen MR) is 70.7 cm³/mol. The molecule has 0 saturated heterocycles. The van der Waals surface area contributed by atoms with E-state index in [-0.39, 0.29) is 5.82 Å². The van der Waals surface area contributed by atoms with Gasteiger partial charge in [-0.1, -0.05) is 12.1 Å². The molecule has 0 aliphatic heterocycles. The number of nitrogens with one attached hydrogen (secondary N) is 1. The van der Waals surface area contributed by atoms with Gasteiger partial charge in [-0.25, -0.2) is 4.39 Å². The van der Waals surface area contributed by atoms with Crippen molar-refractivity contribution in [3.63, 3.8) is 0 Å². The van der Waals surface area contributed by atoms with Crippen molar-refractivity contribution < 1.29 is 4.39 Å². The Morgan fingerprint density at radius 2 is 1.76 bits per heavy atom. The van der Waals surface area contributed by atoms with Gasteiger partial charge in [0, 0.05) is 13.1 Å². The molecule has 2 rings (SSSR count). The van der Waals surface area contributed by atoms with Crippen LogP contribution in [0, 0.1) is 19.7 Å². The number of halogens is 1. The van der Waals surface area contributed by atoms with Gasteiger partial charge in [0.05, 0.1) is 0 Å². The first-order valence-electron chi connectivity index (χ1n) is 5.64. The van der Waals surface area contributed by atoms with Crippen LogP contribution >= 0.6 is 11.3 Å². The second kappa shape index (κ2) is 5.43. The first-order valence-corrected chi connectivity index (χ1v) is 6.58. The first-order chi connectivity index (χ1) is 8.16. The quantitative estimate of drug-likeness (QED) is 0.869. The summed E-state index contributed by atoms with van der Waals surface area (Å²) in [5.41, 5.74) is 3.87. The third kappa shape index (κ3) is 3.14. The summed E-state index contributed by atoms with van der Waals surface area (Å²) in [4.78, 5) is 0. The van der Waals surface area contributed by atoms with E-state index in [9.17, 15) is 4.39 Å². The van der Waals surface area contributed by atoms with Crippen molar-refractivity contribution in [1.82, 2.24) is 5.32 Å². The van der Waals surface area contributed by atoms with E-state index < -0.39 is 0 Å². The Morgan fingerprint density at radius 3 is 2.35 bits per heavy atom. The molecule has 1 aromatic heterocycles. The Labute approximate surface area is 105 Å². The minimum Gasteiger partial charge on any atom is -0.309 e. The number of aryl methyl sites for hydroxylation is 2. The maximum absolute atomic E-state index is 13.4. The molecular weight excluding hydrogens is 233 g/mol.